The van der Waals surface area contributed by atoms with Gasteiger partial charge in [0.1, 0.15) is 0 Å². The largest absolute Gasteiger partial charge is 0.388 e. The van der Waals surface area contributed by atoms with Gasteiger partial charge in [0.05, 0.1) is 6.10 Å². The highest BCUT2D eigenvalue weighted by atomic mass is 35.5. The van der Waals surface area contributed by atoms with Gasteiger partial charge in [-0.1, -0.05) is 55.5 Å². The van der Waals surface area contributed by atoms with Crippen LogP contribution in [0.3, 0.4) is 0 Å². The SMILES string of the molecule is Cc1c(-c2ccccc2)cccc1C(O)C(C)CN(C)C.Cl. The van der Waals surface area contributed by atoms with Crippen LogP contribution in [0.25, 0.3) is 11.1 Å². The number of rotatable bonds is 5. The van der Waals surface area contributed by atoms with Crippen molar-refractivity contribution < 1.29 is 5.11 Å². The Morgan fingerprint density at radius 3 is 2.23 bits per heavy atom. The summed E-state index contributed by atoms with van der Waals surface area (Å²) in [7, 11) is 4.08. The van der Waals surface area contributed by atoms with Gasteiger partial charge in [-0.25, -0.2) is 0 Å². The van der Waals surface area contributed by atoms with Crippen LogP contribution in [-0.4, -0.2) is 30.6 Å². The number of aliphatic hydroxyl groups is 1. The van der Waals surface area contributed by atoms with Gasteiger partial charge in [0, 0.05) is 6.54 Å². The summed E-state index contributed by atoms with van der Waals surface area (Å²) in [5, 5.41) is 10.7. The van der Waals surface area contributed by atoms with Crippen molar-refractivity contribution >= 4 is 12.4 Å². The minimum Gasteiger partial charge on any atom is -0.388 e. The Morgan fingerprint density at radius 1 is 1.00 bits per heavy atom. The topological polar surface area (TPSA) is 23.5 Å². The van der Waals surface area contributed by atoms with Gasteiger partial charge in [0.2, 0.25) is 0 Å². The summed E-state index contributed by atoms with van der Waals surface area (Å²) in [4.78, 5) is 2.12. The van der Waals surface area contributed by atoms with Gasteiger partial charge in [0.15, 0.2) is 0 Å². The van der Waals surface area contributed by atoms with Gasteiger partial charge in [-0.15, -0.1) is 12.4 Å². The maximum absolute atomic E-state index is 10.7. The van der Waals surface area contributed by atoms with Crippen molar-refractivity contribution in [2.24, 2.45) is 5.92 Å². The molecule has 3 heteroatoms. The lowest BCUT2D eigenvalue weighted by Gasteiger charge is -2.24. The molecule has 22 heavy (non-hydrogen) atoms. The molecule has 0 saturated carbocycles. The van der Waals surface area contributed by atoms with Gasteiger partial charge in [-0.3, -0.25) is 0 Å². The summed E-state index contributed by atoms with van der Waals surface area (Å²) in [6.07, 6.45) is -0.434. The molecule has 2 rings (SSSR count). The zero-order valence-corrected chi connectivity index (χ0v) is 14.6. The molecule has 0 heterocycles. The van der Waals surface area contributed by atoms with E-state index in [1.54, 1.807) is 0 Å². The first kappa shape index (κ1) is 18.7. The fourth-order valence-corrected chi connectivity index (χ4v) is 2.89. The maximum Gasteiger partial charge on any atom is 0.0830 e. The standard InChI is InChI=1S/C19H25NO.ClH/c1-14(13-20(3)4)19(21)18-12-8-11-17(15(18)2)16-9-6-5-7-10-16;/h5-12,14,19,21H,13H2,1-4H3;1H. The average molecular weight is 320 g/mol. The van der Waals surface area contributed by atoms with E-state index in [2.05, 4.69) is 36.9 Å². The van der Waals surface area contributed by atoms with Crippen LogP contribution in [0.15, 0.2) is 48.5 Å². The van der Waals surface area contributed by atoms with Crippen LogP contribution in [0, 0.1) is 12.8 Å². The maximum atomic E-state index is 10.7. The van der Waals surface area contributed by atoms with Crippen molar-refractivity contribution in [3.8, 4) is 11.1 Å². The molecule has 0 aliphatic rings. The van der Waals surface area contributed by atoms with E-state index in [0.29, 0.717) is 0 Å². The summed E-state index contributed by atoms with van der Waals surface area (Å²) >= 11 is 0. The van der Waals surface area contributed by atoms with Gasteiger partial charge in [-0.2, -0.15) is 0 Å². The predicted octanol–water partition coefficient (Wildman–Crippen LogP) is 4.31. The molecule has 0 fully saturated rings. The van der Waals surface area contributed by atoms with E-state index in [0.717, 1.165) is 12.1 Å². The van der Waals surface area contributed by atoms with Gasteiger partial charge in [0.25, 0.3) is 0 Å². The van der Waals surface area contributed by atoms with Crippen LogP contribution >= 0.6 is 12.4 Å². The summed E-state index contributed by atoms with van der Waals surface area (Å²) in [6.45, 7) is 5.07. The zero-order chi connectivity index (χ0) is 15.4. The van der Waals surface area contributed by atoms with Crippen LogP contribution in [0.5, 0.6) is 0 Å². The smallest absolute Gasteiger partial charge is 0.0830 e. The Balaban J connectivity index is 0.00000242. The van der Waals surface area contributed by atoms with Crippen molar-refractivity contribution in [1.29, 1.82) is 0 Å². The van der Waals surface area contributed by atoms with Crippen molar-refractivity contribution in [2.45, 2.75) is 20.0 Å². The molecule has 2 atom stereocenters. The normalized spacial score (nSPS) is 13.5. The fraction of sp³-hybridized carbons (Fsp3) is 0.368. The van der Waals surface area contributed by atoms with Gasteiger partial charge >= 0.3 is 0 Å². The van der Waals surface area contributed by atoms with E-state index in [9.17, 15) is 5.11 Å². The molecule has 0 bridgehead atoms. The third-order valence-electron chi connectivity index (χ3n) is 3.97. The monoisotopic (exact) mass is 319 g/mol. The third kappa shape index (κ3) is 4.33. The van der Waals surface area contributed by atoms with Crippen molar-refractivity contribution in [3.05, 3.63) is 59.7 Å². The number of halogens is 1. The molecule has 2 nitrogen and oxygen atoms in total. The average Bonchev–Trinajstić information content (AvgIpc) is 2.47. The minimum atomic E-state index is -0.434. The van der Waals surface area contributed by atoms with Crippen LogP contribution in [0.2, 0.25) is 0 Å². The molecular weight excluding hydrogens is 294 g/mol. The van der Waals surface area contributed by atoms with E-state index in [-0.39, 0.29) is 18.3 Å². The Kier molecular flexibility index (Phi) is 7.08. The molecule has 1 N–H and O–H groups in total. The van der Waals surface area contributed by atoms with E-state index in [1.165, 1.54) is 16.7 Å². The van der Waals surface area contributed by atoms with Crippen LogP contribution < -0.4 is 0 Å². The van der Waals surface area contributed by atoms with Crippen LogP contribution in [0.4, 0.5) is 0 Å². The summed E-state index contributed by atoms with van der Waals surface area (Å²) in [5.74, 6) is 0.199. The van der Waals surface area contributed by atoms with E-state index >= 15 is 0 Å². The number of hydrogen-bond acceptors (Lipinski definition) is 2. The number of aliphatic hydroxyl groups excluding tert-OH is 1. The van der Waals surface area contributed by atoms with Crippen molar-refractivity contribution in [1.82, 2.24) is 4.90 Å². The highest BCUT2D eigenvalue weighted by molar-refractivity contribution is 5.85. The highest BCUT2D eigenvalue weighted by Crippen LogP contribution is 2.31. The second kappa shape index (κ2) is 8.33. The lowest BCUT2D eigenvalue weighted by atomic mass is 9.89. The summed E-state index contributed by atoms with van der Waals surface area (Å²) < 4.78 is 0. The first-order chi connectivity index (χ1) is 10.0. The first-order valence-electron chi connectivity index (χ1n) is 7.48. The Hall–Kier alpha value is -1.35. The molecular formula is C19H26ClNO. The van der Waals surface area contributed by atoms with Crippen LogP contribution in [-0.2, 0) is 0 Å². The van der Waals surface area contributed by atoms with E-state index in [1.807, 2.05) is 44.4 Å². The molecule has 120 valence electrons. The lowest BCUT2D eigenvalue weighted by molar-refractivity contribution is 0.0998. The second-order valence-electron chi connectivity index (χ2n) is 6.07. The Morgan fingerprint density at radius 2 is 1.64 bits per heavy atom. The van der Waals surface area contributed by atoms with Gasteiger partial charge < -0.3 is 10.0 Å². The first-order valence-corrected chi connectivity index (χ1v) is 7.48. The van der Waals surface area contributed by atoms with Crippen molar-refractivity contribution in [2.75, 3.05) is 20.6 Å². The number of benzene rings is 2. The molecule has 0 aromatic heterocycles. The van der Waals surface area contributed by atoms with E-state index < -0.39 is 6.10 Å². The molecule has 2 unspecified atom stereocenters. The predicted molar refractivity (Wildman–Crippen MR) is 96.5 cm³/mol. The van der Waals surface area contributed by atoms with Crippen LogP contribution in [0.1, 0.15) is 24.2 Å². The third-order valence-corrected chi connectivity index (χ3v) is 3.97. The summed E-state index contributed by atoms with van der Waals surface area (Å²) in [5.41, 5.74) is 4.60. The number of nitrogens with zero attached hydrogens (tertiary/aromatic N) is 1. The molecule has 0 spiro atoms. The second-order valence-corrected chi connectivity index (χ2v) is 6.07. The summed E-state index contributed by atoms with van der Waals surface area (Å²) in [6, 6.07) is 16.5. The zero-order valence-electron chi connectivity index (χ0n) is 13.8. The molecule has 0 amide bonds. The Labute approximate surface area is 140 Å². The Bertz CT molecular complexity index is 583. The van der Waals surface area contributed by atoms with Gasteiger partial charge in [-0.05, 0) is 49.2 Å². The number of hydrogen-bond donors (Lipinski definition) is 1. The van der Waals surface area contributed by atoms with Crippen molar-refractivity contribution in [3.63, 3.8) is 0 Å². The molecule has 2 aromatic carbocycles. The fourth-order valence-electron chi connectivity index (χ4n) is 2.89. The van der Waals surface area contributed by atoms with E-state index in [4.69, 9.17) is 0 Å². The molecule has 0 saturated heterocycles. The lowest BCUT2D eigenvalue weighted by Crippen LogP contribution is -2.24. The molecule has 2 aromatic rings. The highest BCUT2D eigenvalue weighted by Gasteiger charge is 2.20. The molecule has 0 radical (unpaired) electrons. The quantitative estimate of drug-likeness (QED) is 0.887. The molecule has 0 aliphatic heterocycles. The minimum absolute atomic E-state index is 0. The molecule has 0 aliphatic carbocycles.